The fourth-order valence-corrected chi connectivity index (χ4v) is 1.36. The number of carbonyl (C=O) groups is 3. The van der Waals surface area contributed by atoms with Gasteiger partial charge in [0.25, 0.3) is 0 Å². The molecule has 0 aromatic rings. The first-order valence-electron chi connectivity index (χ1n) is 5.64. The van der Waals surface area contributed by atoms with Crippen LogP contribution in [-0.2, 0) is 14.4 Å². The number of carboxylic acid groups (broad SMARTS) is 2. The van der Waals surface area contributed by atoms with E-state index in [1.807, 2.05) is 0 Å². The number of carboxylic acids is 2. The summed E-state index contributed by atoms with van der Waals surface area (Å²) < 4.78 is 0. The zero-order chi connectivity index (χ0) is 13.1. The minimum absolute atomic E-state index is 0.0597. The van der Waals surface area contributed by atoms with Gasteiger partial charge in [-0.2, -0.15) is 0 Å². The van der Waals surface area contributed by atoms with E-state index in [9.17, 15) is 14.4 Å². The average Bonchev–Trinajstić information content (AvgIpc) is 2.25. The molecule has 0 heterocycles. The number of carbonyl (C=O) groups excluding carboxylic acids is 1. The van der Waals surface area contributed by atoms with Gasteiger partial charge in [0.1, 0.15) is 6.29 Å². The molecule has 5 nitrogen and oxygen atoms in total. The van der Waals surface area contributed by atoms with Crippen LogP contribution in [0.25, 0.3) is 0 Å². The summed E-state index contributed by atoms with van der Waals surface area (Å²) in [7, 11) is 0. The topological polar surface area (TPSA) is 91.7 Å². The van der Waals surface area contributed by atoms with E-state index >= 15 is 0 Å². The Labute approximate surface area is 100 Å². The van der Waals surface area contributed by atoms with E-state index in [0.29, 0.717) is 31.3 Å². The van der Waals surface area contributed by atoms with Gasteiger partial charge in [-0.3, -0.25) is 14.4 Å². The van der Waals surface area contributed by atoms with Crippen molar-refractivity contribution in [2.75, 3.05) is 0 Å². The number of aliphatic carboxylic acids is 2. The van der Waals surface area contributed by atoms with Crippen molar-refractivity contribution < 1.29 is 24.6 Å². The van der Waals surface area contributed by atoms with Gasteiger partial charge in [0.2, 0.25) is 0 Å². The molecule has 2 N–H and O–H groups in total. The van der Waals surface area contributed by atoms with E-state index in [-0.39, 0.29) is 12.8 Å². The highest BCUT2D eigenvalue weighted by atomic mass is 16.4. The van der Waals surface area contributed by atoms with Crippen molar-refractivity contribution >= 4 is 18.2 Å². The molecule has 0 amide bonds. The lowest BCUT2D eigenvalue weighted by Gasteiger charge is -1.99. The summed E-state index contributed by atoms with van der Waals surface area (Å²) in [6.45, 7) is 0. The van der Waals surface area contributed by atoms with Gasteiger partial charge in [-0.1, -0.05) is 6.08 Å². The third-order valence-electron chi connectivity index (χ3n) is 2.26. The molecule has 0 saturated carbocycles. The second-order valence-corrected chi connectivity index (χ2v) is 3.78. The van der Waals surface area contributed by atoms with Crippen LogP contribution in [0.15, 0.2) is 11.6 Å². The summed E-state index contributed by atoms with van der Waals surface area (Å²) in [6, 6.07) is 0. The molecule has 17 heavy (non-hydrogen) atoms. The molecule has 0 atom stereocenters. The van der Waals surface area contributed by atoms with Crippen molar-refractivity contribution in [3.63, 3.8) is 0 Å². The summed E-state index contributed by atoms with van der Waals surface area (Å²) in [5, 5.41) is 16.8. The van der Waals surface area contributed by atoms with Crippen molar-refractivity contribution in [3.05, 3.63) is 11.6 Å². The van der Waals surface area contributed by atoms with Crippen LogP contribution in [0.4, 0.5) is 0 Å². The Morgan fingerprint density at radius 3 is 2.00 bits per heavy atom. The lowest BCUT2D eigenvalue weighted by atomic mass is 10.1. The maximum atomic E-state index is 10.6. The van der Waals surface area contributed by atoms with Crippen LogP contribution in [-0.4, -0.2) is 28.4 Å². The summed E-state index contributed by atoms with van der Waals surface area (Å²) >= 11 is 0. The minimum Gasteiger partial charge on any atom is -0.481 e. The number of allylic oxidation sites excluding steroid dienone is 2. The molecular weight excluding hydrogens is 224 g/mol. The molecule has 96 valence electrons. The van der Waals surface area contributed by atoms with Crippen LogP contribution in [0.1, 0.15) is 44.9 Å². The second-order valence-electron chi connectivity index (χ2n) is 3.78. The quantitative estimate of drug-likeness (QED) is 0.347. The lowest BCUT2D eigenvalue weighted by molar-refractivity contribution is -0.138. The number of aldehydes is 1. The number of unbranched alkanes of at least 4 members (excludes halogenated alkanes) is 2. The zero-order valence-corrected chi connectivity index (χ0v) is 9.72. The Bertz CT molecular complexity index is 293. The highest BCUT2D eigenvalue weighted by Gasteiger charge is 2.00. The fraction of sp³-hybridized carbons (Fsp3) is 0.583. The molecule has 0 fully saturated rings. The number of hydrogen-bond donors (Lipinski definition) is 2. The molecule has 0 aromatic carbocycles. The maximum absolute atomic E-state index is 10.6. The van der Waals surface area contributed by atoms with E-state index in [4.69, 9.17) is 10.2 Å². The predicted octanol–water partition coefficient (Wildman–Crippen LogP) is 2.01. The maximum Gasteiger partial charge on any atom is 0.303 e. The summed E-state index contributed by atoms with van der Waals surface area (Å²) in [5.41, 5.74) is 0.599. The Balaban J connectivity index is 3.73. The summed E-state index contributed by atoms with van der Waals surface area (Å²) in [6.07, 6.45) is 5.59. The van der Waals surface area contributed by atoms with Gasteiger partial charge in [0.05, 0.1) is 0 Å². The first-order chi connectivity index (χ1) is 8.06. The molecular formula is C12H18O5. The molecule has 0 aromatic heterocycles. The van der Waals surface area contributed by atoms with Crippen LogP contribution in [0.3, 0.4) is 0 Å². The van der Waals surface area contributed by atoms with Crippen molar-refractivity contribution in [3.8, 4) is 0 Å². The standard InChI is InChI=1S/C12H18O5/c13-9-10(6-4-8-12(16)17)5-2-1-3-7-11(14)15/h5,9H,1-4,6-8H2,(H,14,15)(H,16,17)/b10-5-. The molecule has 0 unspecified atom stereocenters. The third kappa shape index (κ3) is 10.6. The van der Waals surface area contributed by atoms with Crippen molar-refractivity contribution in [2.45, 2.75) is 44.9 Å². The molecule has 0 radical (unpaired) electrons. The van der Waals surface area contributed by atoms with E-state index in [1.165, 1.54) is 0 Å². The smallest absolute Gasteiger partial charge is 0.303 e. The SMILES string of the molecule is O=C/C(=C\CCCCC(=O)O)CCCC(=O)O. The van der Waals surface area contributed by atoms with Crippen LogP contribution >= 0.6 is 0 Å². The average molecular weight is 242 g/mol. The lowest BCUT2D eigenvalue weighted by Crippen LogP contribution is -1.95. The molecule has 0 saturated heterocycles. The second kappa shape index (κ2) is 9.57. The predicted molar refractivity (Wildman–Crippen MR) is 61.7 cm³/mol. The molecule has 0 rings (SSSR count). The van der Waals surface area contributed by atoms with E-state index in [1.54, 1.807) is 6.08 Å². The zero-order valence-electron chi connectivity index (χ0n) is 9.72. The Kier molecular flexibility index (Phi) is 8.64. The monoisotopic (exact) mass is 242 g/mol. The third-order valence-corrected chi connectivity index (χ3v) is 2.26. The summed E-state index contributed by atoms with van der Waals surface area (Å²) in [5.74, 6) is -1.68. The van der Waals surface area contributed by atoms with Crippen LogP contribution in [0.5, 0.6) is 0 Å². The van der Waals surface area contributed by atoms with Crippen molar-refractivity contribution in [2.24, 2.45) is 0 Å². The fourth-order valence-electron chi connectivity index (χ4n) is 1.36. The van der Waals surface area contributed by atoms with Crippen LogP contribution < -0.4 is 0 Å². The van der Waals surface area contributed by atoms with E-state index < -0.39 is 11.9 Å². The van der Waals surface area contributed by atoms with Gasteiger partial charge in [-0.25, -0.2) is 0 Å². The molecule has 0 aliphatic carbocycles. The molecule has 0 spiro atoms. The van der Waals surface area contributed by atoms with Gasteiger partial charge in [0.15, 0.2) is 0 Å². The Hall–Kier alpha value is -1.65. The van der Waals surface area contributed by atoms with Crippen LogP contribution in [0, 0.1) is 0 Å². The van der Waals surface area contributed by atoms with Gasteiger partial charge in [-0.15, -0.1) is 0 Å². The normalized spacial score (nSPS) is 11.2. The van der Waals surface area contributed by atoms with Gasteiger partial charge < -0.3 is 10.2 Å². The number of hydrogen-bond acceptors (Lipinski definition) is 3. The van der Waals surface area contributed by atoms with Crippen molar-refractivity contribution in [1.29, 1.82) is 0 Å². The molecule has 0 aliphatic heterocycles. The highest BCUT2D eigenvalue weighted by Crippen LogP contribution is 2.09. The van der Waals surface area contributed by atoms with Crippen LogP contribution in [0.2, 0.25) is 0 Å². The first-order valence-corrected chi connectivity index (χ1v) is 5.64. The Morgan fingerprint density at radius 1 is 0.882 bits per heavy atom. The molecule has 0 aliphatic rings. The van der Waals surface area contributed by atoms with Gasteiger partial charge >= 0.3 is 11.9 Å². The Morgan fingerprint density at radius 2 is 1.47 bits per heavy atom. The highest BCUT2D eigenvalue weighted by molar-refractivity contribution is 5.73. The van der Waals surface area contributed by atoms with E-state index in [2.05, 4.69) is 0 Å². The van der Waals surface area contributed by atoms with E-state index in [0.717, 1.165) is 12.7 Å². The summed E-state index contributed by atoms with van der Waals surface area (Å²) in [4.78, 5) is 31.1. The molecule has 0 bridgehead atoms. The largest absolute Gasteiger partial charge is 0.481 e. The molecule has 5 heteroatoms. The first kappa shape index (κ1) is 15.3. The van der Waals surface area contributed by atoms with Gasteiger partial charge in [-0.05, 0) is 37.7 Å². The van der Waals surface area contributed by atoms with Crippen molar-refractivity contribution in [1.82, 2.24) is 0 Å². The number of rotatable bonds is 10. The minimum atomic E-state index is -0.864. The van der Waals surface area contributed by atoms with Gasteiger partial charge in [0, 0.05) is 12.8 Å².